The summed E-state index contributed by atoms with van der Waals surface area (Å²) in [6.07, 6.45) is 5.59. The summed E-state index contributed by atoms with van der Waals surface area (Å²) >= 11 is 0. The Kier molecular flexibility index (Phi) is 5.66. The van der Waals surface area contributed by atoms with Gasteiger partial charge in [0.05, 0.1) is 24.0 Å². The Balaban J connectivity index is 1.49. The van der Waals surface area contributed by atoms with Crippen LogP contribution in [-0.4, -0.2) is 98.8 Å². The number of likely N-dealkylation sites (N-methyl/N-ethyl adjacent to an activating group) is 1. The summed E-state index contributed by atoms with van der Waals surface area (Å²) in [7, 11) is 8.44. The van der Waals surface area contributed by atoms with Gasteiger partial charge < -0.3 is 10.2 Å². The third kappa shape index (κ3) is 4.74. The minimum absolute atomic E-state index is 0.0472. The molecular weight excluding hydrogens is 375 g/mol. The van der Waals surface area contributed by atoms with Gasteiger partial charge in [0.15, 0.2) is 0 Å². The second kappa shape index (κ2) is 8.24. The van der Waals surface area contributed by atoms with Gasteiger partial charge in [0.2, 0.25) is 5.91 Å². The highest BCUT2D eigenvalue weighted by molar-refractivity contribution is 6.56. The maximum absolute atomic E-state index is 12.4. The Morgan fingerprint density at radius 1 is 1.17 bits per heavy atom. The highest BCUT2D eigenvalue weighted by Crippen LogP contribution is 2.22. The van der Waals surface area contributed by atoms with Crippen molar-refractivity contribution in [2.75, 3.05) is 45.1 Å². The molecule has 1 saturated heterocycles. The van der Waals surface area contributed by atoms with Crippen molar-refractivity contribution >= 4 is 46.2 Å². The van der Waals surface area contributed by atoms with E-state index in [-0.39, 0.29) is 11.1 Å². The van der Waals surface area contributed by atoms with E-state index in [1.54, 1.807) is 6.20 Å². The lowest BCUT2D eigenvalue weighted by molar-refractivity contribution is -0.117. The molecule has 0 aromatic carbocycles. The minimum Gasteiger partial charge on any atom is -0.310 e. The van der Waals surface area contributed by atoms with E-state index in [4.69, 9.17) is 4.98 Å². The van der Waals surface area contributed by atoms with Crippen molar-refractivity contribution in [2.45, 2.75) is 5.24 Å². The van der Waals surface area contributed by atoms with Crippen LogP contribution in [0.2, 0.25) is 0 Å². The average Bonchev–Trinajstić information content (AvgIpc) is 3.20. The number of hydrogen-bond acceptors (Lipinski definition) is 6. The standard InChI is InChI=1S/C19H26B3N7O/c1-27-4-6-28(7-5-27)12-18(30)26-17-8-16-13(9-23-17)2-3-15(25-16)14-10-24-29(11-14)19(20,21)22/h2-3,8-11H,4-7,12,20-22H2,1H3,(H,23,26,30). The summed E-state index contributed by atoms with van der Waals surface area (Å²) in [6, 6.07) is 5.80. The van der Waals surface area contributed by atoms with Gasteiger partial charge in [-0.25, -0.2) is 9.97 Å². The molecule has 1 amide bonds. The van der Waals surface area contributed by atoms with Gasteiger partial charge in [-0.3, -0.25) is 14.4 Å². The molecule has 3 aromatic rings. The van der Waals surface area contributed by atoms with Crippen LogP contribution in [0.3, 0.4) is 0 Å². The summed E-state index contributed by atoms with van der Waals surface area (Å²) in [6.45, 7) is 4.16. The van der Waals surface area contributed by atoms with Gasteiger partial charge in [-0.15, -0.1) is 0 Å². The summed E-state index contributed by atoms with van der Waals surface area (Å²) in [5, 5.41) is 8.22. The fourth-order valence-electron chi connectivity index (χ4n) is 3.46. The largest absolute Gasteiger partial charge is 0.310 e. The molecule has 4 heterocycles. The first kappa shape index (κ1) is 20.6. The lowest BCUT2D eigenvalue weighted by Crippen LogP contribution is -2.47. The molecule has 0 saturated carbocycles. The maximum atomic E-state index is 12.4. The van der Waals surface area contributed by atoms with Crippen molar-refractivity contribution in [3.05, 3.63) is 36.8 Å². The summed E-state index contributed by atoms with van der Waals surface area (Å²) in [5.74, 6) is 0.477. The lowest BCUT2D eigenvalue weighted by Gasteiger charge is -2.31. The minimum atomic E-state index is -0.0831. The SMILES string of the molecule is BC(B)(B)n1cc(-c2ccc3cnc(NC(=O)CN4CCN(C)CC4)cc3n2)cn1. The molecule has 0 unspecified atom stereocenters. The maximum Gasteiger partial charge on any atom is 0.239 e. The van der Waals surface area contributed by atoms with Crippen molar-refractivity contribution in [3.63, 3.8) is 0 Å². The predicted octanol–water partition coefficient (Wildman–Crippen LogP) is -1.85. The van der Waals surface area contributed by atoms with Crippen LogP contribution in [0.5, 0.6) is 0 Å². The fourth-order valence-corrected chi connectivity index (χ4v) is 3.46. The molecule has 1 aliphatic heterocycles. The molecule has 0 radical (unpaired) electrons. The van der Waals surface area contributed by atoms with Crippen LogP contribution in [-0.2, 0) is 10.0 Å². The molecule has 8 nitrogen and oxygen atoms in total. The van der Waals surface area contributed by atoms with Crippen molar-refractivity contribution < 1.29 is 4.79 Å². The molecule has 3 aromatic heterocycles. The van der Waals surface area contributed by atoms with Gasteiger partial charge in [0.25, 0.3) is 0 Å². The van der Waals surface area contributed by atoms with Crippen LogP contribution in [0.25, 0.3) is 22.2 Å². The number of hydrogen-bond donors (Lipinski definition) is 1. The monoisotopic (exact) mass is 401 g/mol. The zero-order valence-electron chi connectivity index (χ0n) is 18.1. The fraction of sp³-hybridized carbons (Fsp3) is 0.368. The third-order valence-electron chi connectivity index (χ3n) is 5.37. The van der Waals surface area contributed by atoms with E-state index in [9.17, 15) is 4.79 Å². The Hall–Kier alpha value is -2.65. The van der Waals surface area contributed by atoms with Crippen molar-refractivity contribution in [1.82, 2.24) is 29.5 Å². The van der Waals surface area contributed by atoms with E-state index < -0.39 is 0 Å². The van der Waals surface area contributed by atoms with E-state index in [0.717, 1.165) is 48.3 Å². The highest BCUT2D eigenvalue weighted by atomic mass is 16.2. The zero-order chi connectivity index (χ0) is 21.3. The van der Waals surface area contributed by atoms with E-state index in [1.807, 2.05) is 35.3 Å². The van der Waals surface area contributed by atoms with E-state index in [2.05, 4.69) is 55.8 Å². The number of amides is 1. The first-order valence-electron chi connectivity index (χ1n) is 10.3. The zero-order valence-corrected chi connectivity index (χ0v) is 18.1. The summed E-state index contributed by atoms with van der Waals surface area (Å²) < 4.78 is 1.94. The molecule has 30 heavy (non-hydrogen) atoms. The topological polar surface area (TPSA) is 79.2 Å². The molecule has 1 N–H and O–H groups in total. The molecule has 0 bridgehead atoms. The van der Waals surface area contributed by atoms with E-state index in [0.29, 0.717) is 12.4 Å². The summed E-state index contributed by atoms with van der Waals surface area (Å²) in [4.78, 5) is 26.0. The van der Waals surface area contributed by atoms with Crippen LogP contribution >= 0.6 is 0 Å². The number of piperazine rings is 1. The highest BCUT2D eigenvalue weighted by Gasteiger charge is 2.18. The van der Waals surface area contributed by atoms with Crippen LogP contribution < -0.4 is 5.32 Å². The number of fused-ring (bicyclic) bond motifs is 1. The van der Waals surface area contributed by atoms with Crippen LogP contribution in [0.4, 0.5) is 5.82 Å². The lowest BCUT2D eigenvalue weighted by atomic mass is 9.49. The van der Waals surface area contributed by atoms with E-state index >= 15 is 0 Å². The molecule has 1 fully saturated rings. The predicted molar refractivity (Wildman–Crippen MR) is 127 cm³/mol. The molecule has 4 rings (SSSR count). The van der Waals surface area contributed by atoms with Crippen molar-refractivity contribution in [1.29, 1.82) is 0 Å². The molecule has 0 aliphatic carbocycles. The molecule has 1 aliphatic rings. The van der Waals surface area contributed by atoms with Gasteiger partial charge in [-0.05, 0) is 24.4 Å². The van der Waals surface area contributed by atoms with Crippen LogP contribution in [0, 0.1) is 0 Å². The van der Waals surface area contributed by atoms with Gasteiger partial charge in [-0.2, -0.15) is 5.10 Å². The number of rotatable bonds is 5. The molecule has 0 atom stereocenters. The molecule has 0 spiro atoms. The second-order valence-corrected chi connectivity index (χ2v) is 8.93. The number of carbonyl (C=O) groups excluding carboxylic acids is 1. The molecular formula is C19H26B3N7O. The number of carbonyl (C=O) groups is 1. The number of pyridine rings is 2. The van der Waals surface area contributed by atoms with Gasteiger partial charge in [-0.1, -0.05) is 0 Å². The molecule has 11 heteroatoms. The number of nitrogens with zero attached hydrogens (tertiary/aromatic N) is 6. The summed E-state index contributed by atoms with van der Waals surface area (Å²) in [5.41, 5.74) is 2.60. The Bertz CT molecular complexity index is 1060. The van der Waals surface area contributed by atoms with Gasteiger partial charge >= 0.3 is 0 Å². The number of anilines is 1. The first-order valence-corrected chi connectivity index (χ1v) is 10.3. The smallest absolute Gasteiger partial charge is 0.239 e. The van der Waals surface area contributed by atoms with Gasteiger partial charge in [0, 0.05) is 55.6 Å². The van der Waals surface area contributed by atoms with Gasteiger partial charge in [0.1, 0.15) is 29.4 Å². The Labute approximate surface area is 179 Å². The first-order chi connectivity index (χ1) is 14.3. The average molecular weight is 401 g/mol. The Morgan fingerprint density at radius 3 is 2.63 bits per heavy atom. The van der Waals surface area contributed by atoms with Crippen LogP contribution in [0.15, 0.2) is 36.8 Å². The van der Waals surface area contributed by atoms with Crippen molar-refractivity contribution in [3.8, 4) is 11.3 Å². The Morgan fingerprint density at radius 2 is 1.93 bits per heavy atom. The molecule has 152 valence electrons. The quantitative estimate of drug-likeness (QED) is 0.506. The number of aromatic nitrogens is 4. The third-order valence-corrected chi connectivity index (χ3v) is 5.37. The van der Waals surface area contributed by atoms with Crippen LogP contribution in [0.1, 0.15) is 0 Å². The van der Waals surface area contributed by atoms with Crippen molar-refractivity contribution in [2.24, 2.45) is 0 Å². The normalized spacial score (nSPS) is 16.0. The second-order valence-electron chi connectivity index (χ2n) is 8.93. The number of nitrogens with one attached hydrogen (secondary N) is 1. The van der Waals surface area contributed by atoms with E-state index in [1.165, 1.54) is 0 Å².